The van der Waals surface area contributed by atoms with E-state index in [4.69, 9.17) is 23.9 Å². The first-order valence-electron chi connectivity index (χ1n) is 10.8. The van der Waals surface area contributed by atoms with Crippen molar-refractivity contribution in [3.63, 3.8) is 0 Å². The standard InChI is InChI=1S/C24H31NO6/c1-5-30-22(26)14-19-20(13-16-12-18(28-3)10-11-21(16)29-4)24(27)31-23(19)25-17-8-6-15(2)7-9-17/h10-12,15,17H,5-9,13-14H2,1-4H3/b25-23-. The van der Waals surface area contributed by atoms with Crippen molar-refractivity contribution in [3.8, 4) is 11.5 Å². The van der Waals surface area contributed by atoms with Crippen molar-refractivity contribution in [2.45, 2.75) is 58.4 Å². The molecule has 0 radical (unpaired) electrons. The summed E-state index contributed by atoms with van der Waals surface area (Å²) in [5.74, 6) is 1.34. The number of hydrogen-bond donors (Lipinski definition) is 0. The molecule has 1 fully saturated rings. The summed E-state index contributed by atoms with van der Waals surface area (Å²) in [5.41, 5.74) is 1.68. The van der Waals surface area contributed by atoms with Gasteiger partial charge in [-0.15, -0.1) is 0 Å². The number of carbonyl (C=O) groups is 2. The molecule has 31 heavy (non-hydrogen) atoms. The highest BCUT2D eigenvalue weighted by Crippen LogP contribution is 2.33. The van der Waals surface area contributed by atoms with Crippen LogP contribution in [0.1, 0.15) is 51.5 Å². The lowest BCUT2D eigenvalue weighted by Crippen LogP contribution is -2.19. The lowest BCUT2D eigenvalue weighted by atomic mass is 9.87. The van der Waals surface area contributed by atoms with Gasteiger partial charge in [0.25, 0.3) is 0 Å². The van der Waals surface area contributed by atoms with Crippen molar-refractivity contribution in [1.29, 1.82) is 0 Å². The fourth-order valence-electron chi connectivity index (χ4n) is 4.03. The molecule has 0 aromatic heterocycles. The molecule has 0 amide bonds. The van der Waals surface area contributed by atoms with E-state index in [1.54, 1.807) is 33.3 Å². The van der Waals surface area contributed by atoms with Crippen molar-refractivity contribution < 1.29 is 28.5 Å². The number of benzene rings is 1. The average Bonchev–Trinajstić information content (AvgIpc) is 3.04. The van der Waals surface area contributed by atoms with Gasteiger partial charge < -0.3 is 18.9 Å². The van der Waals surface area contributed by atoms with Crippen LogP contribution in [-0.2, 0) is 25.5 Å². The number of rotatable bonds is 8. The Kier molecular flexibility index (Phi) is 7.71. The summed E-state index contributed by atoms with van der Waals surface area (Å²) in [6.45, 7) is 4.26. The van der Waals surface area contributed by atoms with Crippen molar-refractivity contribution in [2.24, 2.45) is 10.9 Å². The molecule has 168 valence electrons. The Hall–Kier alpha value is -2.83. The monoisotopic (exact) mass is 429 g/mol. The summed E-state index contributed by atoms with van der Waals surface area (Å²) >= 11 is 0. The molecule has 7 heteroatoms. The van der Waals surface area contributed by atoms with Crippen LogP contribution in [0.4, 0.5) is 0 Å². The van der Waals surface area contributed by atoms with Gasteiger partial charge in [-0.2, -0.15) is 0 Å². The second-order valence-electron chi connectivity index (χ2n) is 8.03. The maximum atomic E-state index is 12.8. The molecule has 1 aliphatic heterocycles. The third-order valence-corrected chi connectivity index (χ3v) is 5.82. The first kappa shape index (κ1) is 22.8. The molecule has 0 saturated heterocycles. The number of nitrogens with zero attached hydrogens (tertiary/aromatic N) is 1. The van der Waals surface area contributed by atoms with Crippen LogP contribution >= 0.6 is 0 Å². The van der Waals surface area contributed by atoms with Crippen LogP contribution < -0.4 is 9.47 Å². The molecule has 1 heterocycles. The summed E-state index contributed by atoms with van der Waals surface area (Å²) in [6.07, 6.45) is 4.29. The van der Waals surface area contributed by atoms with Gasteiger partial charge in [0.15, 0.2) is 0 Å². The smallest absolute Gasteiger partial charge is 0.341 e. The van der Waals surface area contributed by atoms with E-state index in [-0.39, 0.29) is 31.4 Å². The van der Waals surface area contributed by atoms with Gasteiger partial charge in [0.2, 0.25) is 5.90 Å². The highest BCUT2D eigenvalue weighted by atomic mass is 16.6. The molecular weight excluding hydrogens is 398 g/mol. The van der Waals surface area contributed by atoms with E-state index in [0.29, 0.717) is 28.6 Å². The minimum atomic E-state index is -0.480. The van der Waals surface area contributed by atoms with Gasteiger partial charge in [-0.05, 0) is 56.7 Å². The third-order valence-electron chi connectivity index (χ3n) is 5.82. The first-order chi connectivity index (χ1) is 14.9. The molecule has 1 aliphatic carbocycles. The van der Waals surface area contributed by atoms with E-state index < -0.39 is 11.9 Å². The van der Waals surface area contributed by atoms with E-state index in [1.165, 1.54) is 0 Å². The van der Waals surface area contributed by atoms with Gasteiger partial charge in [0.1, 0.15) is 11.5 Å². The fraction of sp³-hybridized carbons (Fsp3) is 0.542. The molecule has 7 nitrogen and oxygen atoms in total. The summed E-state index contributed by atoms with van der Waals surface area (Å²) in [6, 6.07) is 5.50. The third kappa shape index (κ3) is 5.66. The highest BCUT2D eigenvalue weighted by Gasteiger charge is 2.34. The maximum Gasteiger partial charge on any atom is 0.341 e. The first-order valence-corrected chi connectivity index (χ1v) is 10.8. The van der Waals surface area contributed by atoms with Crippen LogP contribution in [0.25, 0.3) is 0 Å². The Morgan fingerprint density at radius 1 is 1.13 bits per heavy atom. The normalized spacial score (nSPS) is 22.5. The van der Waals surface area contributed by atoms with E-state index in [0.717, 1.165) is 31.2 Å². The Bertz CT molecular complexity index is 880. The largest absolute Gasteiger partial charge is 0.497 e. The zero-order chi connectivity index (χ0) is 22.4. The van der Waals surface area contributed by atoms with Crippen molar-refractivity contribution in [3.05, 3.63) is 34.9 Å². The zero-order valence-corrected chi connectivity index (χ0v) is 18.7. The number of cyclic esters (lactones) is 1. The SMILES string of the molecule is CCOC(=O)CC1=C(Cc2cc(OC)ccc2OC)C(=O)O/C1=N\C1CCC(C)CC1. The number of ether oxygens (including phenoxy) is 4. The predicted octanol–water partition coefficient (Wildman–Crippen LogP) is 4.03. The quantitative estimate of drug-likeness (QED) is 0.580. The van der Waals surface area contributed by atoms with Crippen LogP contribution in [0, 0.1) is 5.92 Å². The summed E-state index contributed by atoms with van der Waals surface area (Å²) in [5, 5.41) is 0. The molecule has 1 saturated carbocycles. The van der Waals surface area contributed by atoms with E-state index in [1.807, 2.05) is 6.07 Å². The topological polar surface area (TPSA) is 83.4 Å². The number of methoxy groups -OCH3 is 2. The Morgan fingerprint density at radius 2 is 1.87 bits per heavy atom. The molecule has 0 atom stereocenters. The van der Waals surface area contributed by atoms with E-state index in [9.17, 15) is 9.59 Å². The molecule has 0 bridgehead atoms. The number of carbonyl (C=O) groups excluding carboxylic acids is 2. The van der Waals surface area contributed by atoms with Crippen molar-refractivity contribution >= 4 is 17.8 Å². The maximum absolute atomic E-state index is 12.8. The lowest BCUT2D eigenvalue weighted by Gasteiger charge is -2.23. The van der Waals surface area contributed by atoms with Gasteiger partial charge in [-0.25, -0.2) is 9.79 Å². The molecule has 1 aromatic rings. The Balaban J connectivity index is 1.96. The lowest BCUT2D eigenvalue weighted by molar-refractivity contribution is -0.142. The predicted molar refractivity (Wildman–Crippen MR) is 116 cm³/mol. The number of aliphatic imine (C=N–C) groups is 1. The molecule has 0 unspecified atom stereocenters. The molecule has 1 aromatic carbocycles. The van der Waals surface area contributed by atoms with Gasteiger partial charge in [-0.3, -0.25) is 4.79 Å². The van der Waals surface area contributed by atoms with Gasteiger partial charge in [0, 0.05) is 17.6 Å². The Labute approximate surface area is 183 Å². The van der Waals surface area contributed by atoms with Crippen LogP contribution in [0.2, 0.25) is 0 Å². The number of esters is 2. The van der Waals surface area contributed by atoms with Crippen molar-refractivity contribution in [2.75, 3.05) is 20.8 Å². The van der Waals surface area contributed by atoms with Crippen LogP contribution in [-0.4, -0.2) is 44.7 Å². The second-order valence-corrected chi connectivity index (χ2v) is 8.03. The molecule has 0 N–H and O–H groups in total. The molecule has 2 aliphatic rings. The molecular formula is C24H31NO6. The summed E-state index contributed by atoms with van der Waals surface area (Å²) in [4.78, 5) is 29.8. The van der Waals surface area contributed by atoms with E-state index >= 15 is 0 Å². The fourth-order valence-corrected chi connectivity index (χ4v) is 4.03. The van der Waals surface area contributed by atoms with Crippen LogP contribution in [0.15, 0.2) is 34.3 Å². The highest BCUT2D eigenvalue weighted by molar-refractivity contribution is 6.16. The van der Waals surface area contributed by atoms with Crippen LogP contribution in [0.5, 0.6) is 11.5 Å². The summed E-state index contributed by atoms with van der Waals surface area (Å²) < 4.78 is 21.5. The van der Waals surface area contributed by atoms with Crippen molar-refractivity contribution in [1.82, 2.24) is 0 Å². The van der Waals surface area contributed by atoms with Gasteiger partial charge in [0.05, 0.1) is 38.9 Å². The second kappa shape index (κ2) is 10.5. The van der Waals surface area contributed by atoms with Crippen LogP contribution in [0.3, 0.4) is 0 Å². The van der Waals surface area contributed by atoms with E-state index in [2.05, 4.69) is 6.92 Å². The summed E-state index contributed by atoms with van der Waals surface area (Å²) in [7, 11) is 3.15. The zero-order valence-electron chi connectivity index (χ0n) is 18.7. The molecule has 0 spiro atoms. The minimum absolute atomic E-state index is 0.0524. The number of hydrogen-bond acceptors (Lipinski definition) is 7. The average molecular weight is 430 g/mol. The molecule has 3 rings (SSSR count). The van der Waals surface area contributed by atoms with Gasteiger partial charge in [-0.1, -0.05) is 6.92 Å². The van der Waals surface area contributed by atoms with Gasteiger partial charge >= 0.3 is 11.9 Å². The Morgan fingerprint density at radius 3 is 2.52 bits per heavy atom. The minimum Gasteiger partial charge on any atom is -0.497 e.